The average Bonchev–Trinajstić information content (AvgIpc) is 2.99. The molecule has 24 heavy (non-hydrogen) atoms. The summed E-state index contributed by atoms with van der Waals surface area (Å²) in [5.41, 5.74) is 2.05. The average molecular weight is 344 g/mol. The molecule has 1 amide bonds. The predicted octanol–water partition coefficient (Wildman–Crippen LogP) is 4.20. The molecule has 128 valence electrons. The molecule has 0 saturated carbocycles. The Morgan fingerprint density at radius 2 is 2.25 bits per heavy atom. The molecular formula is C19H24N2O2S. The number of nitrogens with zero attached hydrogens (tertiary/aromatic N) is 2. The van der Waals surface area contributed by atoms with Gasteiger partial charge in [0.25, 0.3) is 0 Å². The summed E-state index contributed by atoms with van der Waals surface area (Å²) in [5.74, 6) is 0.920. The van der Waals surface area contributed by atoms with E-state index in [1.54, 1.807) is 22.3 Å². The van der Waals surface area contributed by atoms with Gasteiger partial charge in [0.1, 0.15) is 17.4 Å². The first-order chi connectivity index (χ1) is 11.5. The Labute approximate surface area is 147 Å². The summed E-state index contributed by atoms with van der Waals surface area (Å²) < 4.78 is 5.78. The number of amides is 1. The lowest BCUT2D eigenvalue weighted by atomic mass is 10.2. The number of carbonyl (C=O) groups is 1. The summed E-state index contributed by atoms with van der Waals surface area (Å²) in [5, 5.41) is 2.89. The number of thiazole rings is 1. The maximum Gasteiger partial charge on any atom is 0.225 e. The fourth-order valence-corrected chi connectivity index (χ4v) is 2.98. The zero-order chi connectivity index (χ0) is 17.5. The highest BCUT2D eigenvalue weighted by Gasteiger charge is 2.17. The van der Waals surface area contributed by atoms with Crippen LogP contribution in [-0.4, -0.2) is 22.3 Å². The molecule has 0 atom stereocenters. The normalized spacial score (nSPS) is 10.7. The van der Waals surface area contributed by atoms with Crippen LogP contribution in [0.5, 0.6) is 5.75 Å². The number of ether oxygens (including phenoxy) is 1. The largest absolute Gasteiger partial charge is 0.486 e. The molecule has 0 fully saturated rings. The first-order valence-corrected chi connectivity index (χ1v) is 8.90. The monoisotopic (exact) mass is 344 g/mol. The van der Waals surface area contributed by atoms with Gasteiger partial charge in [0, 0.05) is 17.8 Å². The van der Waals surface area contributed by atoms with Crippen LogP contribution in [0.15, 0.2) is 42.3 Å². The van der Waals surface area contributed by atoms with Crippen molar-refractivity contribution in [1.82, 2.24) is 9.88 Å². The zero-order valence-electron chi connectivity index (χ0n) is 14.5. The topological polar surface area (TPSA) is 42.4 Å². The molecule has 5 heteroatoms. The fraction of sp³-hybridized carbons (Fsp3) is 0.368. The molecule has 1 aromatic heterocycles. The van der Waals surface area contributed by atoms with E-state index >= 15 is 0 Å². The Kier molecular flexibility index (Phi) is 6.55. The van der Waals surface area contributed by atoms with Gasteiger partial charge in [-0.3, -0.25) is 4.79 Å². The summed E-state index contributed by atoms with van der Waals surface area (Å²) in [6.07, 6.45) is 1.74. The van der Waals surface area contributed by atoms with Gasteiger partial charge in [-0.2, -0.15) is 0 Å². The third kappa shape index (κ3) is 5.20. The lowest BCUT2D eigenvalue weighted by Crippen LogP contribution is -2.34. The molecule has 1 aromatic carbocycles. The molecule has 0 aliphatic heterocycles. The fourth-order valence-electron chi connectivity index (χ4n) is 2.29. The molecule has 4 nitrogen and oxygen atoms in total. The minimum atomic E-state index is -0.0345. The number of aryl methyl sites for hydroxylation is 1. The van der Waals surface area contributed by atoms with Crippen LogP contribution in [0.2, 0.25) is 0 Å². The van der Waals surface area contributed by atoms with Gasteiger partial charge < -0.3 is 9.64 Å². The zero-order valence-corrected chi connectivity index (χ0v) is 15.3. The molecule has 0 radical (unpaired) electrons. The van der Waals surface area contributed by atoms with E-state index in [-0.39, 0.29) is 11.8 Å². The quantitative estimate of drug-likeness (QED) is 0.674. The van der Waals surface area contributed by atoms with Crippen LogP contribution < -0.4 is 4.74 Å². The number of rotatable bonds is 8. The Morgan fingerprint density at radius 3 is 2.92 bits per heavy atom. The first-order valence-electron chi connectivity index (χ1n) is 8.02. The van der Waals surface area contributed by atoms with Gasteiger partial charge in [-0.05, 0) is 24.6 Å². The summed E-state index contributed by atoms with van der Waals surface area (Å²) in [6, 6.07) is 7.95. The molecule has 0 unspecified atom stereocenters. The molecule has 2 aromatic rings. The van der Waals surface area contributed by atoms with E-state index in [2.05, 4.69) is 11.6 Å². The minimum absolute atomic E-state index is 0.0345. The molecule has 0 bridgehead atoms. The van der Waals surface area contributed by atoms with E-state index in [1.807, 2.05) is 50.4 Å². The van der Waals surface area contributed by atoms with Crippen LogP contribution in [0, 0.1) is 12.8 Å². The van der Waals surface area contributed by atoms with Crippen molar-refractivity contribution < 1.29 is 9.53 Å². The predicted molar refractivity (Wildman–Crippen MR) is 98.1 cm³/mol. The number of carbonyl (C=O) groups excluding carboxylic acids is 1. The van der Waals surface area contributed by atoms with E-state index in [4.69, 9.17) is 4.74 Å². The summed E-state index contributed by atoms with van der Waals surface area (Å²) in [4.78, 5) is 18.6. The van der Waals surface area contributed by atoms with Gasteiger partial charge in [-0.1, -0.05) is 32.1 Å². The smallest absolute Gasteiger partial charge is 0.225 e. The minimum Gasteiger partial charge on any atom is -0.486 e. The van der Waals surface area contributed by atoms with Crippen molar-refractivity contribution in [1.29, 1.82) is 0 Å². The summed E-state index contributed by atoms with van der Waals surface area (Å²) in [7, 11) is 0. The van der Waals surface area contributed by atoms with Crippen LogP contribution >= 0.6 is 11.3 Å². The van der Waals surface area contributed by atoms with E-state index < -0.39 is 0 Å². The van der Waals surface area contributed by atoms with Crippen molar-refractivity contribution in [3.05, 3.63) is 58.6 Å². The molecule has 0 N–H and O–H groups in total. The molecule has 2 rings (SSSR count). The molecule has 0 aliphatic carbocycles. The highest BCUT2D eigenvalue weighted by atomic mass is 32.1. The number of aromatic nitrogens is 1. The second kappa shape index (κ2) is 8.64. The standard InChI is InChI=1S/C19H24N2O2S/c1-5-9-21(19(22)14(2)3)11-16-13-24-18(20-16)12-23-17-8-6-7-15(4)10-17/h5-8,10,13-14H,1,9,11-12H2,2-4H3. The van der Waals surface area contributed by atoms with Gasteiger partial charge in [0.15, 0.2) is 0 Å². The van der Waals surface area contributed by atoms with Crippen LogP contribution in [-0.2, 0) is 17.9 Å². The van der Waals surface area contributed by atoms with Crippen molar-refractivity contribution in [2.45, 2.75) is 33.9 Å². The van der Waals surface area contributed by atoms with Gasteiger partial charge in [0.2, 0.25) is 5.91 Å². The lowest BCUT2D eigenvalue weighted by Gasteiger charge is -2.22. The second-order valence-electron chi connectivity index (χ2n) is 6.00. The Balaban J connectivity index is 1.96. The van der Waals surface area contributed by atoms with Crippen molar-refractivity contribution in [2.75, 3.05) is 6.54 Å². The Morgan fingerprint density at radius 1 is 1.46 bits per heavy atom. The van der Waals surface area contributed by atoms with E-state index in [0.29, 0.717) is 19.7 Å². The Bertz CT molecular complexity index is 694. The SMILES string of the molecule is C=CCN(Cc1csc(COc2cccc(C)c2)n1)C(=O)C(C)C. The summed E-state index contributed by atoms with van der Waals surface area (Å²) in [6.45, 7) is 11.0. The maximum atomic E-state index is 12.2. The van der Waals surface area contributed by atoms with Gasteiger partial charge in [-0.15, -0.1) is 17.9 Å². The molecule has 1 heterocycles. The maximum absolute atomic E-state index is 12.2. The molecular weight excluding hydrogens is 320 g/mol. The third-order valence-corrected chi connectivity index (χ3v) is 4.33. The van der Waals surface area contributed by atoms with E-state index in [1.165, 1.54) is 5.56 Å². The highest BCUT2D eigenvalue weighted by Crippen LogP contribution is 2.18. The Hall–Kier alpha value is -2.14. The number of hydrogen-bond acceptors (Lipinski definition) is 4. The van der Waals surface area contributed by atoms with Gasteiger partial charge >= 0.3 is 0 Å². The third-order valence-electron chi connectivity index (χ3n) is 3.46. The van der Waals surface area contributed by atoms with Crippen molar-refractivity contribution in [3.8, 4) is 5.75 Å². The van der Waals surface area contributed by atoms with Gasteiger partial charge in [-0.25, -0.2) is 4.98 Å². The van der Waals surface area contributed by atoms with Crippen LogP contribution in [0.25, 0.3) is 0 Å². The van der Waals surface area contributed by atoms with Crippen LogP contribution in [0.1, 0.15) is 30.1 Å². The van der Waals surface area contributed by atoms with Crippen molar-refractivity contribution in [2.24, 2.45) is 5.92 Å². The van der Waals surface area contributed by atoms with E-state index in [0.717, 1.165) is 16.5 Å². The number of benzene rings is 1. The lowest BCUT2D eigenvalue weighted by molar-refractivity contribution is -0.134. The first kappa shape index (κ1) is 18.2. The highest BCUT2D eigenvalue weighted by molar-refractivity contribution is 7.09. The van der Waals surface area contributed by atoms with Gasteiger partial charge in [0.05, 0.1) is 12.2 Å². The summed E-state index contributed by atoms with van der Waals surface area (Å²) >= 11 is 1.55. The molecule has 0 aliphatic rings. The van der Waals surface area contributed by atoms with Crippen LogP contribution in [0.3, 0.4) is 0 Å². The number of hydrogen-bond donors (Lipinski definition) is 0. The second-order valence-corrected chi connectivity index (χ2v) is 6.94. The molecule has 0 saturated heterocycles. The van der Waals surface area contributed by atoms with Crippen molar-refractivity contribution >= 4 is 17.2 Å². The van der Waals surface area contributed by atoms with Crippen LogP contribution in [0.4, 0.5) is 0 Å². The van der Waals surface area contributed by atoms with E-state index in [9.17, 15) is 4.79 Å². The van der Waals surface area contributed by atoms with Crippen molar-refractivity contribution in [3.63, 3.8) is 0 Å². The molecule has 0 spiro atoms.